The second kappa shape index (κ2) is 7.35. The summed E-state index contributed by atoms with van der Waals surface area (Å²) in [5, 5.41) is 7.04. The van der Waals surface area contributed by atoms with Crippen LogP contribution in [-0.4, -0.2) is 43.6 Å². The van der Waals surface area contributed by atoms with Crippen molar-refractivity contribution in [2.24, 2.45) is 0 Å². The van der Waals surface area contributed by atoms with Gasteiger partial charge in [-0.15, -0.1) is 0 Å². The van der Waals surface area contributed by atoms with Gasteiger partial charge in [-0.3, -0.25) is 0 Å². The van der Waals surface area contributed by atoms with Crippen molar-refractivity contribution in [3.63, 3.8) is 0 Å². The van der Waals surface area contributed by atoms with Crippen LogP contribution in [-0.2, 0) is 16.8 Å². The number of nitrogens with one attached hydrogen (secondary N) is 2. The lowest BCUT2D eigenvalue weighted by Crippen LogP contribution is -2.52. The number of rotatable bonds is 7. The Morgan fingerprint density at radius 3 is 2.95 bits per heavy atom. The highest BCUT2D eigenvalue weighted by molar-refractivity contribution is 7.87. The standard InChI is InChI=1S/C13H24N4O3S/c1-3-14-10-13-6-4-5-7-17(13)21(18,19)15-9-12-8-11(2)20-16-12/h8,13-15H,3-7,9-10H2,1-2H3. The molecule has 0 aliphatic carbocycles. The maximum absolute atomic E-state index is 12.5. The minimum atomic E-state index is -3.49. The first-order chi connectivity index (χ1) is 10.0. The Hall–Kier alpha value is -0.960. The van der Waals surface area contributed by atoms with Gasteiger partial charge >= 0.3 is 0 Å². The van der Waals surface area contributed by atoms with E-state index in [1.807, 2.05) is 6.92 Å². The lowest BCUT2D eigenvalue weighted by atomic mass is 10.1. The molecular formula is C13H24N4O3S. The van der Waals surface area contributed by atoms with Crippen molar-refractivity contribution in [2.75, 3.05) is 19.6 Å². The molecule has 1 unspecified atom stereocenters. The molecule has 8 heteroatoms. The molecule has 120 valence electrons. The highest BCUT2D eigenvalue weighted by atomic mass is 32.2. The van der Waals surface area contributed by atoms with Gasteiger partial charge in [0.1, 0.15) is 5.76 Å². The summed E-state index contributed by atoms with van der Waals surface area (Å²) in [6, 6.07) is 1.75. The minimum Gasteiger partial charge on any atom is -0.361 e. The van der Waals surface area contributed by atoms with Gasteiger partial charge in [-0.2, -0.15) is 17.4 Å². The average Bonchev–Trinajstić information content (AvgIpc) is 2.89. The summed E-state index contributed by atoms with van der Waals surface area (Å²) in [7, 11) is -3.49. The van der Waals surface area contributed by atoms with Gasteiger partial charge in [0.2, 0.25) is 0 Å². The fourth-order valence-electron chi connectivity index (χ4n) is 2.55. The Morgan fingerprint density at radius 2 is 2.29 bits per heavy atom. The van der Waals surface area contributed by atoms with Crippen LogP contribution in [0.2, 0.25) is 0 Å². The van der Waals surface area contributed by atoms with E-state index >= 15 is 0 Å². The van der Waals surface area contributed by atoms with Crippen LogP contribution in [0, 0.1) is 6.92 Å². The maximum atomic E-state index is 12.5. The Labute approximate surface area is 126 Å². The molecule has 0 radical (unpaired) electrons. The molecule has 0 saturated carbocycles. The number of aromatic nitrogens is 1. The Bertz CT molecular complexity index is 543. The second-order valence-corrected chi connectivity index (χ2v) is 7.03. The predicted octanol–water partition coefficient (Wildman–Crippen LogP) is 0.781. The molecule has 7 nitrogen and oxygen atoms in total. The molecule has 2 rings (SSSR count). The molecule has 0 bridgehead atoms. The number of hydrogen-bond acceptors (Lipinski definition) is 5. The molecule has 0 spiro atoms. The van der Waals surface area contributed by atoms with Crippen LogP contribution in [0.25, 0.3) is 0 Å². The van der Waals surface area contributed by atoms with Crippen molar-refractivity contribution in [3.05, 3.63) is 17.5 Å². The van der Waals surface area contributed by atoms with E-state index in [0.717, 1.165) is 25.8 Å². The van der Waals surface area contributed by atoms with Crippen LogP contribution in [0.4, 0.5) is 0 Å². The van der Waals surface area contributed by atoms with Crippen LogP contribution in [0.5, 0.6) is 0 Å². The third-order valence-corrected chi connectivity index (χ3v) is 5.23. The largest absolute Gasteiger partial charge is 0.361 e. The van der Waals surface area contributed by atoms with E-state index in [0.29, 0.717) is 24.5 Å². The summed E-state index contributed by atoms with van der Waals surface area (Å²) in [4.78, 5) is 0. The summed E-state index contributed by atoms with van der Waals surface area (Å²) in [5.41, 5.74) is 0.594. The quantitative estimate of drug-likeness (QED) is 0.776. The summed E-state index contributed by atoms with van der Waals surface area (Å²) in [5.74, 6) is 0.673. The zero-order chi connectivity index (χ0) is 15.3. The topological polar surface area (TPSA) is 87.5 Å². The molecule has 1 atom stereocenters. The van der Waals surface area contributed by atoms with Gasteiger partial charge in [0, 0.05) is 25.2 Å². The van der Waals surface area contributed by atoms with Gasteiger partial charge in [0.25, 0.3) is 10.2 Å². The van der Waals surface area contributed by atoms with Gasteiger partial charge in [-0.05, 0) is 26.3 Å². The molecule has 1 aliphatic rings. The first kappa shape index (κ1) is 16.4. The van der Waals surface area contributed by atoms with Gasteiger partial charge in [0.15, 0.2) is 0 Å². The molecule has 0 amide bonds. The van der Waals surface area contributed by atoms with E-state index in [-0.39, 0.29) is 12.6 Å². The van der Waals surface area contributed by atoms with E-state index in [1.165, 1.54) is 0 Å². The third kappa shape index (κ3) is 4.50. The summed E-state index contributed by atoms with van der Waals surface area (Å²) < 4.78 is 34.1. The second-order valence-electron chi connectivity index (χ2n) is 5.32. The van der Waals surface area contributed by atoms with E-state index in [4.69, 9.17) is 4.52 Å². The normalized spacial score (nSPS) is 20.8. The van der Waals surface area contributed by atoms with Gasteiger partial charge in [0.05, 0.1) is 12.2 Å². The van der Waals surface area contributed by atoms with E-state index < -0.39 is 10.2 Å². The molecular weight excluding hydrogens is 292 g/mol. The van der Waals surface area contributed by atoms with Crippen LogP contribution in [0.3, 0.4) is 0 Å². The van der Waals surface area contributed by atoms with Crippen molar-refractivity contribution in [2.45, 2.75) is 45.7 Å². The highest BCUT2D eigenvalue weighted by Crippen LogP contribution is 2.19. The molecule has 0 aromatic carbocycles. The molecule has 1 saturated heterocycles. The van der Waals surface area contributed by atoms with Gasteiger partial charge < -0.3 is 9.84 Å². The molecule has 1 fully saturated rings. The summed E-state index contributed by atoms with van der Waals surface area (Å²) in [6.07, 6.45) is 2.88. The van der Waals surface area contributed by atoms with Gasteiger partial charge in [-0.25, -0.2) is 0 Å². The summed E-state index contributed by atoms with van der Waals surface area (Å²) >= 11 is 0. The van der Waals surface area contributed by atoms with Gasteiger partial charge in [-0.1, -0.05) is 18.5 Å². The molecule has 1 aliphatic heterocycles. The van der Waals surface area contributed by atoms with E-state index in [1.54, 1.807) is 17.3 Å². The first-order valence-electron chi connectivity index (χ1n) is 7.42. The summed E-state index contributed by atoms with van der Waals surface area (Å²) in [6.45, 7) is 6.07. The minimum absolute atomic E-state index is 0.0234. The Balaban J connectivity index is 1.98. The zero-order valence-electron chi connectivity index (χ0n) is 12.6. The van der Waals surface area contributed by atoms with Crippen molar-refractivity contribution < 1.29 is 12.9 Å². The molecule has 2 heterocycles. The number of nitrogens with zero attached hydrogens (tertiary/aromatic N) is 2. The molecule has 1 aromatic rings. The monoisotopic (exact) mass is 316 g/mol. The highest BCUT2D eigenvalue weighted by Gasteiger charge is 2.31. The van der Waals surface area contributed by atoms with Crippen molar-refractivity contribution in [1.82, 2.24) is 19.5 Å². The Kier molecular flexibility index (Phi) is 5.74. The van der Waals surface area contributed by atoms with Crippen LogP contribution < -0.4 is 10.0 Å². The molecule has 21 heavy (non-hydrogen) atoms. The van der Waals surface area contributed by atoms with Crippen molar-refractivity contribution in [3.8, 4) is 0 Å². The van der Waals surface area contributed by atoms with E-state index in [2.05, 4.69) is 15.2 Å². The lowest BCUT2D eigenvalue weighted by Gasteiger charge is -2.34. The number of likely N-dealkylation sites (N-methyl/N-ethyl adjacent to an activating group) is 1. The fourth-order valence-corrected chi connectivity index (χ4v) is 3.99. The zero-order valence-corrected chi connectivity index (χ0v) is 13.4. The SMILES string of the molecule is CCNCC1CCCCN1S(=O)(=O)NCc1cc(C)on1. The van der Waals surface area contributed by atoms with E-state index in [9.17, 15) is 8.42 Å². The number of piperidine rings is 1. The first-order valence-corrected chi connectivity index (χ1v) is 8.86. The lowest BCUT2D eigenvalue weighted by molar-refractivity contribution is 0.243. The van der Waals surface area contributed by atoms with Crippen LogP contribution >= 0.6 is 0 Å². The van der Waals surface area contributed by atoms with Crippen LogP contribution in [0.15, 0.2) is 10.6 Å². The van der Waals surface area contributed by atoms with Crippen molar-refractivity contribution in [1.29, 1.82) is 0 Å². The smallest absolute Gasteiger partial charge is 0.280 e. The fraction of sp³-hybridized carbons (Fsp3) is 0.769. The van der Waals surface area contributed by atoms with Crippen LogP contribution in [0.1, 0.15) is 37.6 Å². The van der Waals surface area contributed by atoms with Crippen molar-refractivity contribution >= 4 is 10.2 Å². The predicted molar refractivity (Wildman–Crippen MR) is 79.9 cm³/mol. The third-order valence-electron chi connectivity index (χ3n) is 3.62. The number of hydrogen-bond donors (Lipinski definition) is 2. The maximum Gasteiger partial charge on any atom is 0.280 e. The molecule has 2 N–H and O–H groups in total. The Morgan fingerprint density at radius 1 is 1.48 bits per heavy atom. The average molecular weight is 316 g/mol. The number of aryl methyl sites for hydroxylation is 1. The molecule has 1 aromatic heterocycles.